The summed E-state index contributed by atoms with van der Waals surface area (Å²) in [5.74, 6) is 1.63. The van der Waals surface area contributed by atoms with E-state index < -0.39 is 5.54 Å². The summed E-state index contributed by atoms with van der Waals surface area (Å²) in [6.07, 6.45) is 0. The van der Waals surface area contributed by atoms with Crippen LogP contribution in [0.25, 0.3) is 0 Å². The number of rotatable bonds is 3. The number of nitrogens with two attached hydrogens (primary N) is 1. The zero-order valence-corrected chi connectivity index (χ0v) is 10.0. The number of ether oxygens (including phenoxy) is 2. The quantitative estimate of drug-likeness (QED) is 0.830. The SMILES string of the molecule is COc1ccc(C(C)(C)N)c(OC)c1C. The van der Waals surface area contributed by atoms with Gasteiger partial charge in [0.1, 0.15) is 11.5 Å². The molecule has 0 aromatic heterocycles. The van der Waals surface area contributed by atoms with Crippen LogP contribution in [0.15, 0.2) is 12.1 Å². The molecule has 0 saturated carbocycles. The van der Waals surface area contributed by atoms with Gasteiger partial charge in [0.05, 0.1) is 14.2 Å². The normalized spacial score (nSPS) is 11.3. The second-order valence-corrected chi connectivity index (χ2v) is 4.20. The Kier molecular flexibility index (Phi) is 3.25. The summed E-state index contributed by atoms with van der Waals surface area (Å²) in [5, 5.41) is 0. The van der Waals surface area contributed by atoms with Gasteiger partial charge in [-0.25, -0.2) is 0 Å². The van der Waals surface area contributed by atoms with Crippen LogP contribution in [0.2, 0.25) is 0 Å². The summed E-state index contributed by atoms with van der Waals surface area (Å²) in [7, 11) is 3.30. The molecule has 0 aliphatic heterocycles. The van der Waals surface area contributed by atoms with Gasteiger partial charge in [-0.3, -0.25) is 0 Å². The van der Waals surface area contributed by atoms with Gasteiger partial charge in [0, 0.05) is 16.7 Å². The highest BCUT2D eigenvalue weighted by molar-refractivity contribution is 5.51. The van der Waals surface area contributed by atoms with Crippen LogP contribution in [-0.2, 0) is 5.54 Å². The number of benzene rings is 1. The molecule has 0 heterocycles. The second kappa shape index (κ2) is 4.11. The van der Waals surface area contributed by atoms with Crippen molar-refractivity contribution in [2.45, 2.75) is 26.3 Å². The molecular formula is C12H19NO2. The molecule has 1 aromatic rings. The Morgan fingerprint density at radius 1 is 1.13 bits per heavy atom. The van der Waals surface area contributed by atoms with Gasteiger partial charge in [0.2, 0.25) is 0 Å². The van der Waals surface area contributed by atoms with E-state index in [-0.39, 0.29) is 0 Å². The molecule has 0 aliphatic rings. The van der Waals surface area contributed by atoms with Gasteiger partial charge in [-0.1, -0.05) is 0 Å². The second-order valence-electron chi connectivity index (χ2n) is 4.20. The van der Waals surface area contributed by atoms with E-state index in [0.717, 1.165) is 22.6 Å². The summed E-state index contributed by atoms with van der Waals surface area (Å²) in [6.45, 7) is 5.88. The van der Waals surface area contributed by atoms with E-state index in [1.54, 1.807) is 14.2 Å². The lowest BCUT2D eigenvalue weighted by atomic mass is 9.92. The van der Waals surface area contributed by atoms with E-state index in [4.69, 9.17) is 15.2 Å². The highest BCUT2D eigenvalue weighted by Gasteiger charge is 2.21. The van der Waals surface area contributed by atoms with Gasteiger partial charge in [0.25, 0.3) is 0 Å². The maximum atomic E-state index is 6.07. The maximum Gasteiger partial charge on any atom is 0.130 e. The standard InChI is InChI=1S/C12H19NO2/c1-8-10(14-4)7-6-9(11(8)15-5)12(2,3)13/h6-7H,13H2,1-5H3. The molecule has 0 unspecified atom stereocenters. The third kappa shape index (κ3) is 2.23. The number of methoxy groups -OCH3 is 2. The lowest BCUT2D eigenvalue weighted by Crippen LogP contribution is -2.29. The first-order valence-electron chi connectivity index (χ1n) is 4.92. The fourth-order valence-corrected chi connectivity index (χ4v) is 1.67. The Morgan fingerprint density at radius 2 is 1.73 bits per heavy atom. The van der Waals surface area contributed by atoms with Crippen LogP contribution >= 0.6 is 0 Å². The van der Waals surface area contributed by atoms with Crippen LogP contribution in [0.1, 0.15) is 25.0 Å². The topological polar surface area (TPSA) is 44.5 Å². The van der Waals surface area contributed by atoms with Crippen molar-refractivity contribution in [1.29, 1.82) is 0 Å². The minimum Gasteiger partial charge on any atom is -0.496 e. The molecule has 3 heteroatoms. The minimum atomic E-state index is -0.414. The van der Waals surface area contributed by atoms with E-state index in [2.05, 4.69) is 0 Å². The molecule has 0 saturated heterocycles. The van der Waals surface area contributed by atoms with Gasteiger partial charge in [-0.15, -0.1) is 0 Å². The molecule has 0 amide bonds. The minimum absolute atomic E-state index is 0.414. The van der Waals surface area contributed by atoms with Crippen LogP contribution in [0, 0.1) is 6.92 Å². The summed E-state index contributed by atoms with van der Waals surface area (Å²) >= 11 is 0. The fraction of sp³-hybridized carbons (Fsp3) is 0.500. The Bertz CT molecular complexity index is 353. The first-order valence-corrected chi connectivity index (χ1v) is 4.92. The summed E-state index contributed by atoms with van der Waals surface area (Å²) < 4.78 is 10.6. The Morgan fingerprint density at radius 3 is 2.13 bits per heavy atom. The highest BCUT2D eigenvalue weighted by Crippen LogP contribution is 2.35. The fourth-order valence-electron chi connectivity index (χ4n) is 1.67. The van der Waals surface area contributed by atoms with Crippen LogP contribution in [0.5, 0.6) is 11.5 Å². The van der Waals surface area contributed by atoms with Crippen molar-refractivity contribution in [2.75, 3.05) is 14.2 Å². The third-order valence-corrected chi connectivity index (χ3v) is 2.47. The van der Waals surface area contributed by atoms with Crippen LogP contribution in [-0.4, -0.2) is 14.2 Å². The summed E-state index contributed by atoms with van der Waals surface area (Å²) in [5.41, 5.74) is 7.63. The molecule has 2 N–H and O–H groups in total. The first-order chi connectivity index (χ1) is 6.91. The molecule has 15 heavy (non-hydrogen) atoms. The van der Waals surface area contributed by atoms with Crippen molar-refractivity contribution in [3.8, 4) is 11.5 Å². The van der Waals surface area contributed by atoms with E-state index in [1.165, 1.54) is 0 Å². The Hall–Kier alpha value is -1.22. The molecule has 1 aromatic carbocycles. The molecule has 0 atom stereocenters. The predicted octanol–water partition coefficient (Wildman–Crippen LogP) is 2.21. The molecule has 0 spiro atoms. The molecule has 84 valence electrons. The Labute approximate surface area is 91.2 Å². The highest BCUT2D eigenvalue weighted by atomic mass is 16.5. The maximum absolute atomic E-state index is 6.07. The number of hydrogen-bond acceptors (Lipinski definition) is 3. The van der Waals surface area contributed by atoms with Gasteiger partial charge < -0.3 is 15.2 Å². The van der Waals surface area contributed by atoms with E-state index >= 15 is 0 Å². The van der Waals surface area contributed by atoms with Gasteiger partial charge in [-0.2, -0.15) is 0 Å². The van der Waals surface area contributed by atoms with Crippen molar-refractivity contribution in [1.82, 2.24) is 0 Å². The van der Waals surface area contributed by atoms with Gasteiger partial charge >= 0.3 is 0 Å². The average molecular weight is 209 g/mol. The van der Waals surface area contributed by atoms with E-state index in [1.807, 2.05) is 32.9 Å². The van der Waals surface area contributed by atoms with Crippen LogP contribution in [0.4, 0.5) is 0 Å². The van der Waals surface area contributed by atoms with Gasteiger partial charge in [0.15, 0.2) is 0 Å². The zero-order chi connectivity index (χ0) is 11.6. The summed E-state index contributed by atoms with van der Waals surface area (Å²) in [6, 6.07) is 3.87. The van der Waals surface area contributed by atoms with Crippen LogP contribution < -0.4 is 15.2 Å². The average Bonchev–Trinajstić information content (AvgIpc) is 2.15. The zero-order valence-electron chi connectivity index (χ0n) is 10.0. The Balaban J connectivity index is 3.38. The third-order valence-electron chi connectivity index (χ3n) is 2.47. The largest absolute Gasteiger partial charge is 0.496 e. The van der Waals surface area contributed by atoms with Crippen molar-refractivity contribution in [3.63, 3.8) is 0 Å². The smallest absolute Gasteiger partial charge is 0.130 e. The predicted molar refractivity (Wildman–Crippen MR) is 61.5 cm³/mol. The van der Waals surface area contributed by atoms with Crippen molar-refractivity contribution >= 4 is 0 Å². The van der Waals surface area contributed by atoms with E-state index in [9.17, 15) is 0 Å². The molecule has 3 nitrogen and oxygen atoms in total. The number of hydrogen-bond donors (Lipinski definition) is 1. The molecule has 0 radical (unpaired) electrons. The molecule has 0 bridgehead atoms. The van der Waals surface area contributed by atoms with Crippen molar-refractivity contribution in [3.05, 3.63) is 23.3 Å². The van der Waals surface area contributed by atoms with Crippen molar-refractivity contribution < 1.29 is 9.47 Å². The van der Waals surface area contributed by atoms with Crippen LogP contribution in [0.3, 0.4) is 0 Å². The summed E-state index contributed by atoms with van der Waals surface area (Å²) in [4.78, 5) is 0. The first kappa shape index (κ1) is 11.9. The lowest BCUT2D eigenvalue weighted by Gasteiger charge is -2.24. The van der Waals surface area contributed by atoms with Gasteiger partial charge in [-0.05, 0) is 32.9 Å². The molecular weight excluding hydrogens is 190 g/mol. The monoisotopic (exact) mass is 209 g/mol. The molecule has 1 rings (SSSR count). The lowest BCUT2D eigenvalue weighted by molar-refractivity contribution is 0.375. The van der Waals surface area contributed by atoms with Crippen molar-refractivity contribution in [2.24, 2.45) is 5.73 Å². The van der Waals surface area contributed by atoms with E-state index in [0.29, 0.717) is 0 Å². The molecule has 0 fully saturated rings. The molecule has 0 aliphatic carbocycles.